The lowest BCUT2D eigenvalue weighted by molar-refractivity contribution is -0.137. The predicted molar refractivity (Wildman–Crippen MR) is 83.7 cm³/mol. The molecule has 0 heterocycles. The Hall–Kier alpha value is -1.85. The topological polar surface area (TPSA) is 38.0 Å². The Bertz CT molecular complexity index is 697. The highest BCUT2D eigenvalue weighted by atomic mass is 19.4. The van der Waals surface area contributed by atoms with E-state index in [-0.39, 0.29) is 18.1 Å². The third-order valence-electron chi connectivity index (χ3n) is 4.43. The SMILES string of the molecule is CC(NC1CC(N)c2ccccc21)c1cccc(C(F)(F)F)c1. The van der Waals surface area contributed by atoms with Crippen molar-refractivity contribution >= 4 is 0 Å². The molecule has 0 spiro atoms. The fourth-order valence-corrected chi connectivity index (χ4v) is 3.21. The molecule has 3 rings (SSSR count). The normalized spacial score (nSPS) is 22.0. The molecular weight excluding hydrogens is 301 g/mol. The van der Waals surface area contributed by atoms with Crippen molar-refractivity contribution in [1.82, 2.24) is 5.32 Å². The highest BCUT2D eigenvalue weighted by Gasteiger charge is 2.32. The first-order valence-electron chi connectivity index (χ1n) is 7.64. The van der Waals surface area contributed by atoms with Gasteiger partial charge in [0.25, 0.3) is 0 Å². The van der Waals surface area contributed by atoms with Gasteiger partial charge in [0.15, 0.2) is 0 Å². The Balaban J connectivity index is 1.80. The molecule has 3 unspecified atom stereocenters. The van der Waals surface area contributed by atoms with Crippen molar-refractivity contribution in [3.05, 3.63) is 70.8 Å². The predicted octanol–water partition coefficient (Wildman–Crippen LogP) is 4.50. The Morgan fingerprint density at radius 2 is 1.78 bits per heavy atom. The first-order chi connectivity index (χ1) is 10.9. The third kappa shape index (κ3) is 3.26. The van der Waals surface area contributed by atoms with E-state index in [0.29, 0.717) is 5.56 Å². The van der Waals surface area contributed by atoms with Crippen molar-refractivity contribution in [1.29, 1.82) is 0 Å². The molecule has 23 heavy (non-hydrogen) atoms. The van der Waals surface area contributed by atoms with Gasteiger partial charge in [-0.25, -0.2) is 0 Å². The van der Waals surface area contributed by atoms with E-state index in [1.54, 1.807) is 6.07 Å². The minimum absolute atomic E-state index is 0.0302. The van der Waals surface area contributed by atoms with E-state index >= 15 is 0 Å². The highest BCUT2D eigenvalue weighted by molar-refractivity contribution is 5.38. The van der Waals surface area contributed by atoms with Gasteiger partial charge in [0.2, 0.25) is 0 Å². The lowest BCUT2D eigenvalue weighted by atomic mass is 10.0. The van der Waals surface area contributed by atoms with Crippen molar-refractivity contribution in [3.63, 3.8) is 0 Å². The van der Waals surface area contributed by atoms with Crippen LogP contribution in [0.25, 0.3) is 0 Å². The van der Waals surface area contributed by atoms with Gasteiger partial charge in [0.1, 0.15) is 0 Å². The molecule has 0 saturated heterocycles. The summed E-state index contributed by atoms with van der Waals surface area (Å²) >= 11 is 0. The molecule has 0 saturated carbocycles. The fraction of sp³-hybridized carbons (Fsp3) is 0.333. The molecular formula is C18H19F3N2. The van der Waals surface area contributed by atoms with Crippen molar-refractivity contribution in [2.75, 3.05) is 0 Å². The van der Waals surface area contributed by atoms with Gasteiger partial charge in [0, 0.05) is 18.1 Å². The summed E-state index contributed by atoms with van der Waals surface area (Å²) in [6, 6.07) is 13.3. The molecule has 2 aromatic carbocycles. The number of fused-ring (bicyclic) bond motifs is 1. The number of hydrogen-bond acceptors (Lipinski definition) is 2. The van der Waals surface area contributed by atoms with E-state index in [0.717, 1.165) is 23.6 Å². The summed E-state index contributed by atoms with van der Waals surface area (Å²) in [7, 11) is 0. The van der Waals surface area contributed by atoms with Crippen LogP contribution in [0, 0.1) is 0 Å². The first kappa shape index (κ1) is 16.0. The molecule has 2 nitrogen and oxygen atoms in total. The van der Waals surface area contributed by atoms with Gasteiger partial charge in [0.05, 0.1) is 5.56 Å². The van der Waals surface area contributed by atoms with Gasteiger partial charge >= 0.3 is 6.18 Å². The van der Waals surface area contributed by atoms with Crippen molar-refractivity contribution < 1.29 is 13.2 Å². The molecule has 3 N–H and O–H groups in total. The van der Waals surface area contributed by atoms with Crippen LogP contribution in [0.4, 0.5) is 13.2 Å². The molecule has 1 aliphatic rings. The Labute approximate surface area is 133 Å². The number of nitrogens with one attached hydrogen (secondary N) is 1. The van der Waals surface area contributed by atoms with Crippen LogP contribution in [0.1, 0.15) is 53.7 Å². The van der Waals surface area contributed by atoms with E-state index in [2.05, 4.69) is 5.32 Å². The van der Waals surface area contributed by atoms with E-state index in [4.69, 9.17) is 5.73 Å². The molecule has 5 heteroatoms. The lowest BCUT2D eigenvalue weighted by Crippen LogP contribution is -2.24. The van der Waals surface area contributed by atoms with Gasteiger partial charge in [-0.3, -0.25) is 0 Å². The van der Waals surface area contributed by atoms with Crippen molar-refractivity contribution in [3.8, 4) is 0 Å². The molecule has 0 bridgehead atoms. The summed E-state index contributed by atoms with van der Waals surface area (Å²) < 4.78 is 38.5. The Morgan fingerprint density at radius 3 is 2.48 bits per heavy atom. The smallest absolute Gasteiger partial charge is 0.324 e. The molecule has 0 radical (unpaired) electrons. The Morgan fingerprint density at radius 1 is 1.09 bits per heavy atom. The molecule has 0 aliphatic heterocycles. The second-order valence-corrected chi connectivity index (χ2v) is 6.04. The van der Waals surface area contributed by atoms with Crippen molar-refractivity contribution in [2.24, 2.45) is 5.73 Å². The van der Waals surface area contributed by atoms with Crippen LogP contribution in [0.3, 0.4) is 0 Å². The second-order valence-electron chi connectivity index (χ2n) is 6.04. The zero-order valence-corrected chi connectivity index (χ0v) is 12.8. The number of alkyl halides is 3. The average molecular weight is 320 g/mol. The van der Waals surface area contributed by atoms with Crippen molar-refractivity contribution in [2.45, 2.75) is 37.6 Å². The van der Waals surface area contributed by atoms with Gasteiger partial charge in [-0.05, 0) is 42.2 Å². The number of halogens is 3. The van der Waals surface area contributed by atoms with Gasteiger partial charge in [-0.15, -0.1) is 0 Å². The standard InChI is InChI=1S/C18H19F3N2/c1-11(12-5-4-6-13(9-12)18(19,20)21)23-17-10-16(22)14-7-2-3-8-15(14)17/h2-9,11,16-17,23H,10,22H2,1H3. The first-order valence-corrected chi connectivity index (χ1v) is 7.64. The number of hydrogen-bond donors (Lipinski definition) is 2. The van der Waals surface area contributed by atoms with Crippen LogP contribution in [-0.4, -0.2) is 0 Å². The monoisotopic (exact) mass is 320 g/mol. The summed E-state index contributed by atoms with van der Waals surface area (Å²) in [6.45, 7) is 1.88. The maximum atomic E-state index is 12.8. The number of rotatable bonds is 3. The molecule has 3 atom stereocenters. The van der Waals surface area contributed by atoms with E-state index in [1.807, 2.05) is 31.2 Å². The molecule has 0 aromatic heterocycles. The summed E-state index contributed by atoms with van der Waals surface area (Å²) in [5.74, 6) is 0. The zero-order chi connectivity index (χ0) is 16.6. The maximum absolute atomic E-state index is 12.8. The molecule has 0 amide bonds. The van der Waals surface area contributed by atoms with Crippen LogP contribution >= 0.6 is 0 Å². The number of benzene rings is 2. The van der Waals surface area contributed by atoms with E-state index in [9.17, 15) is 13.2 Å². The van der Waals surface area contributed by atoms with Crippen LogP contribution < -0.4 is 11.1 Å². The quantitative estimate of drug-likeness (QED) is 0.874. The summed E-state index contributed by atoms with van der Waals surface area (Å²) in [5.41, 5.74) is 8.40. The van der Waals surface area contributed by atoms with E-state index in [1.165, 1.54) is 12.1 Å². The van der Waals surface area contributed by atoms with Gasteiger partial charge in [-0.2, -0.15) is 13.2 Å². The minimum Gasteiger partial charge on any atom is -0.324 e. The van der Waals surface area contributed by atoms with Crippen LogP contribution in [0.5, 0.6) is 0 Å². The van der Waals surface area contributed by atoms with Crippen LogP contribution in [0.15, 0.2) is 48.5 Å². The largest absolute Gasteiger partial charge is 0.416 e. The van der Waals surface area contributed by atoms with E-state index < -0.39 is 11.7 Å². The Kier molecular flexibility index (Phi) is 4.17. The number of nitrogens with two attached hydrogens (primary N) is 1. The van der Waals surface area contributed by atoms with Crippen LogP contribution in [0.2, 0.25) is 0 Å². The van der Waals surface area contributed by atoms with Gasteiger partial charge in [-0.1, -0.05) is 36.4 Å². The molecule has 2 aromatic rings. The lowest BCUT2D eigenvalue weighted by Gasteiger charge is -2.21. The minimum atomic E-state index is -4.32. The fourth-order valence-electron chi connectivity index (χ4n) is 3.21. The zero-order valence-electron chi connectivity index (χ0n) is 12.8. The third-order valence-corrected chi connectivity index (χ3v) is 4.43. The molecule has 1 aliphatic carbocycles. The maximum Gasteiger partial charge on any atom is 0.416 e. The second kappa shape index (κ2) is 5.98. The summed E-state index contributed by atoms with van der Waals surface area (Å²) in [4.78, 5) is 0. The van der Waals surface area contributed by atoms with Crippen LogP contribution in [-0.2, 0) is 6.18 Å². The molecule has 122 valence electrons. The highest BCUT2D eigenvalue weighted by Crippen LogP contribution is 2.38. The molecule has 0 fully saturated rings. The summed E-state index contributed by atoms with van der Waals surface area (Å²) in [6.07, 6.45) is -3.57. The summed E-state index contributed by atoms with van der Waals surface area (Å²) in [5, 5.41) is 3.41. The van der Waals surface area contributed by atoms with Gasteiger partial charge < -0.3 is 11.1 Å². The average Bonchev–Trinajstić information content (AvgIpc) is 2.83.